The number of para-hydroxylation sites is 1. The topological polar surface area (TPSA) is 71.8 Å². The van der Waals surface area contributed by atoms with E-state index in [1.165, 1.54) is 0 Å². The van der Waals surface area contributed by atoms with Crippen LogP contribution in [0.25, 0.3) is 0 Å². The monoisotopic (exact) mass is 370 g/mol. The number of amides is 1. The van der Waals surface area contributed by atoms with Gasteiger partial charge in [-0.25, -0.2) is 4.79 Å². The summed E-state index contributed by atoms with van der Waals surface area (Å²) in [6.45, 7) is 4.31. The lowest BCUT2D eigenvalue weighted by Crippen LogP contribution is -2.49. The van der Waals surface area contributed by atoms with Gasteiger partial charge < -0.3 is 19.4 Å². The molecule has 0 saturated carbocycles. The number of carbonyl (C=O) groups excluding carboxylic acids is 2. The number of likely N-dealkylation sites (tertiary alicyclic amines) is 1. The Bertz CT molecular complexity index is 762. The summed E-state index contributed by atoms with van der Waals surface area (Å²) in [7, 11) is 0. The van der Waals surface area contributed by atoms with E-state index in [0.29, 0.717) is 17.8 Å². The van der Waals surface area contributed by atoms with Crippen molar-refractivity contribution in [3.63, 3.8) is 0 Å². The van der Waals surface area contributed by atoms with Crippen molar-refractivity contribution < 1.29 is 18.7 Å². The molecule has 0 spiro atoms. The summed E-state index contributed by atoms with van der Waals surface area (Å²) < 4.78 is 10.6. The van der Waals surface area contributed by atoms with Gasteiger partial charge in [0.15, 0.2) is 6.61 Å². The van der Waals surface area contributed by atoms with Crippen LogP contribution in [0, 0.1) is 0 Å². The number of hydrogen-bond donors (Lipinski definition) is 1. The predicted octanol–water partition coefficient (Wildman–Crippen LogP) is 3.84. The van der Waals surface area contributed by atoms with E-state index in [2.05, 4.69) is 5.32 Å². The molecule has 6 nitrogen and oxygen atoms in total. The Labute approximate surface area is 159 Å². The zero-order chi connectivity index (χ0) is 19.2. The Morgan fingerprint density at radius 2 is 1.89 bits per heavy atom. The van der Waals surface area contributed by atoms with Gasteiger partial charge in [-0.3, -0.25) is 4.79 Å². The summed E-state index contributed by atoms with van der Waals surface area (Å²) in [5, 5.41) is 3.17. The molecule has 3 rings (SSSR count). The molecule has 144 valence electrons. The van der Waals surface area contributed by atoms with Gasteiger partial charge in [0.25, 0.3) is 5.91 Å². The number of furan rings is 1. The minimum absolute atomic E-state index is 0.135. The molecule has 2 unspecified atom stereocenters. The van der Waals surface area contributed by atoms with Crippen LogP contribution in [0.1, 0.15) is 49.2 Å². The molecule has 1 aromatic carbocycles. The van der Waals surface area contributed by atoms with Gasteiger partial charge >= 0.3 is 5.97 Å². The van der Waals surface area contributed by atoms with Gasteiger partial charge in [0.2, 0.25) is 0 Å². The summed E-state index contributed by atoms with van der Waals surface area (Å²) >= 11 is 0. The molecule has 1 amide bonds. The Kier molecular flexibility index (Phi) is 6.16. The van der Waals surface area contributed by atoms with Crippen LogP contribution in [0.2, 0.25) is 0 Å². The summed E-state index contributed by atoms with van der Waals surface area (Å²) in [5.41, 5.74) is 1.04. The smallest absolute Gasteiger partial charge is 0.340 e. The fourth-order valence-electron chi connectivity index (χ4n) is 3.60. The molecule has 0 bridgehead atoms. The molecule has 27 heavy (non-hydrogen) atoms. The maximum absolute atomic E-state index is 12.5. The van der Waals surface area contributed by atoms with Crippen LogP contribution in [0.4, 0.5) is 5.69 Å². The van der Waals surface area contributed by atoms with Crippen molar-refractivity contribution in [3.05, 3.63) is 54.0 Å². The molecule has 1 aliphatic heterocycles. The second kappa shape index (κ2) is 8.75. The fraction of sp³-hybridized carbons (Fsp3) is 0.429. The molecule has 1 aliphatic rings. The van der Waals surface area contributed by atoms with Crippen LogP contribution in [-0.4, -0.2) is 35.5 Å². The van der Waals surface area contributed by atoms with E-state index < -0.39 is 5.97 Å². The normalized spacial score (nSPS) is 19.6. The number of esters is 1. The first-order chi connectivity index (χ1) is 13.1. The van der Waals surface area contributed by atoms with E-state index in [4.69, 9.17) is 9.15 Å². The predicted molar refractivity (Wildman–Crippen MR) is 102 cm³/mol. The SMILES string of the molecule is CC1CCCC(C)N1C(=O)COC(=O)c1ccccc1NCc1ccco1. The molecular weight excluding hydrogens is 344 g/mol. The highest BCUT2D eigenvalue weighted by Crippen LogP contribution is 2.23. The van der Waals surface area contributed by atoms with Crippen molar-refractivity contribution >= 4 is 17.6 Å². The van der Waals surface area contributed by atoms with E-state index in [-0.39, 0.29) is 24.6 Å². The average Bonchev–Trinajstić information content (AvgIpc) is 3.18. The fourth-order valence-corrected chi connectivity index (χ4v) is 3.60. The van der Waals surface area contributed by atoms with Crippen molar-refractivity contribution in [3.8, 4) is 0 Å². The lowest BCUT2D eigenvalue weighted by molar-refractivity contribution is -0.140. The standard InChI is InChI=1S/C21H26N2O4/c1-15-7-5-8-16(2)23(15)20(24)14-27-21(25)18-10-3-4-11-19(18)22-13-17-9-6-12-26-17/h3-4,6,9-12,15-16,22H,5,7-8,13-14H2,1-2H3. The number of nitrogens with one attached hydrogen (secondary N) is 1. The minimum Gasteiger partial charge on any atom is -0.467 e. The first kappa shape index (κ1) is 19.0. The van der Waals surface area contributed by atoms with Gasteiger partial charge in [-0.1, -0.05) is 12.1 Å². The van der Waals surface area contributed by atoms with Crippen LogP contribution in [0.5, 0.6) is 0 Å². The zero-order valence-corrected chi connectivity index (χ0v) is 15.8. The van der Waals surface area contributed by atoms with E-state index in [1.807, 2.05) is 36.9 Å². The quantitative estimate of drug-likeness (QED) is 0.782. The van der Waals surface area contributed by atoms with Gasteiger partial charge in [-0.05, 0) is 57.4 Å². The zero-order valence-electron chi connectivity index (χ0n) is 15.8. The number of carbonyl (C=O) groups is 2. The molecule has 1 fully saturated rings. The Morgan fingerprint density at radius 1 is 1.15 bits per heavy atom. The molecule has 1 N–H and O–H groups in total. The molecular formula is C21H26N2O4. The number of ether oxygens (including phenoxy) is 1. The van der Waals surface area contributed by atoms with Gasteiger partial charge in [-0.15, -0.1) is 0 Å². The van der Waals surface area contributed by atoms with Gasteiger partial charge in [0.1, 0.15) is 5.76 Å². The number of anilines is 1. The molecule has 6 heteroatoms. The molecule has 1 aromatic heterocycles. The van der Waals surface area contributed by atoms with Gasteiger partial charge in [0, 0.05) is 17.8 Å². The summed E-state index contributed by atoms with van der Waals surface area (Å²) in [6, 6.07) is 11.1. The molecule has 0 aliphatic carbocycles. The minimum atomic E-state index is -0.511. The van der Waals surface area contributed by atoms with Crippen molar-refractivity contribution in [2.24, 2.45) is 0 Å². The van der Waals surface area contributed by atoms with E-state index >= 15 is 0 Å². The van der Waals surface area contributed by atoms with Crippen LogP contribution >= 0.6 is 0 Å². The lowest BCUT2D eigenvalue weighted by Gasteiger charge is -2.38. The van der Waals surface area contributed by atoms with Crippen molar-refractivity contribution in [1.29, 1.82) is 0 Å². The lowest BCUT2D eigenvalue weighted by atomic mass is 9.97. The Hall–Kier alpha value is -2.76. The third-order valence-corrected chi connectivity index (χ3v) is 4.99. The van der Waals surface area contributed by atoms with E-state index in [1.54, 1.807) is 24.5 Å². The van der Waals surface area contributed by atoms with Crippen LogP contribution in [0.3, 0.4) is 0 Å². The van der Waals surface area contributed by atoms with E-state index in [0.717, 1.165) is 25.0 Å². The van der Waals surface area contributed by atoms with Crippen LogP contribution in [-0.2, 0) is 16.1 Å². The second-order valence-corrected chi connectivity index (χ2v) is 6.98. The van der Waals surface area contributed by atoms with Crippen LogP contribution in [0.15, 0.2) is 47.1 Å². The summed E-state index contributed by atoms with van der Waals surface area (Å²) in [5.74, 6) is 0.119. The molecule has 0 radical (unpaired) electrons. The number of hydrogen-bond acceptors (Lipinski definition) is 5. The number of piperidine rings is 1. The van der Waals surface area contributed by atoms with Crippen molar-refractivity contribution in [2.45, 2.75) is 51.7 Å². The van der Waals surface area contributed by atoms with Crippen molar-refractivity contribution in [1.82, 2.24) is 4.90 Å². The number of rotatable bonds is 6. The molecule has 2 aromatic rings. The molecule has 1 saturated heterocycles. The van der Waals surface area contributed by atoms with E-state index in [9.17, 15) is 9.59 Å². The third-order valence-electron chi connectivity index (χ3n) is 4.99. The maximum atomic E-state index is 12.5. The van der Waals surface area contributed by atoms with Crippen LogP contribution < -0.4 is 5.32 Å². The second-order valence-electron chi connectivity index (χ2n) is 6.98. The number of benzene rings is 1. The highest BCUT2D eigenvalue weighted by Gasteiger charge is 2.29. The Morgan fingerprint density at radius 3 is 2.59 bits per heavy atom. The average molecular weight is 370 g/mol. The largest absolute Gasteiger partial charge is 0.467 e. The summed E-state index contributed by atoms with van der Waals surface area (Å²) in [6.07, 6.45) is 4.71. The molecule has 2 atom stereocenters. The Balaban J connectivity index is 1.60. The first-order valence-corrected chi connectivity index (χ1v) is 9.40. The van der Waals surface area contributed by atoms with Gasteiger partial charge in [-0.2, -0.15) is 0 Å². The first-order valence-electron chi connectivity index (χ1n) is 9.40. The third kappa shape index (κ3) is 4.70. The molecule has 2 heterocycles. The highest BCUT2D eigenvalue weighted by molar-refractivity contribution is 5.96. The van der Waals surface area contributed by atoms with Crippen molar-refractivity contribution in [2.75, 3.05) is 11.9 Å². The number of nitrogens with zero attached hydrogens (tertiary/aromatic N) is 1. The summed E-state index contributed by atoms with van der Waals surface area (Å²) in [4.78, 5) is 26.9. The highest BCUT2D eigenvalue weighted by atomic mass is 16.5. The van der Waals surface area contributed by atoms with Gasteiger partial charge in [0.05, 0.1) is 18.4 Å². The maximum Gasteiger partial charge on any atom is 0.340 e.